The van der Waals surface area contributed by atoms with Crippen LogP contribution in [0.2, 0.25) is 5.02 Å². The Morgan fingerprint density at radius 3 is 2.72 bits per heavy atom. The van der Waals surface area contributed by atoms with Gasteiger partial charge in [0.05, 0.1) is 0 Å². The molecule has 1 aromatic carbocycles. The van der Waals surface area contributed by atoms with Gasteiger partial charge in [0.1, 0.15) is 0 Å². The van der Waals surface area contributed by atoms with Crippen molar-refractivity contribution in [1.82, 2.24) is 15.5 Å². The molecule has 0 spiro atoms. The van der Waals surface area contributed by atoms with E-state index in [4.69, 9.17) is 11.6 Å². The van der Waals surface area contributed by atoms with E-state index in [2.05, 4.69) is 26.6 Å². The summed E-state index contributed by atoms with van der Waals surface area (Å²) < 4.78 is 0.986. The fraction of sp³-hybridized carbons (Fsp3) is 0.417. The first-order chi connectivity index (χ1) is 8.50. The summed E-state index contributed by atoms with van der Waals surface area (Å²) in [5, 5.41) is 6.75. The third-order valence-corrected chi connectivity index (χ3v) is 3.29. The second-order valence-corrected chi connectivity index (χ2v) is 5.33. The van der Waals surface area contributed by atoms with E-state index in [-0.39, 0.29) is 6.03 Å². The Kier molecular flexibility index (Phi) is 6.46. The van der Waals surface area contributed by atoms with E-state index in [9.17, 15) is 4.79 Å². The van der Waals surface area contributed by atoms with E-state index in [1.165, 1.54) is 4.90 Å². The van der Waals surface area contributed by atoms with Crippen molar-refractivity contribution in [2.24, 2.45) is 0 Å². The predicted octanol–water partition coefficient (Wildman–Crippen LogP) is 2.46. The Bertz CT molecular complexity index is 412. The lowest BCUT2D eigenvalue weighted by molar-refractivity contribution is 0.217. The van der Waals surface area contributed by atoms with E-state index >= 15 is 0 Å². The SMILES string of the molecule is CN(C)C(=O)NCCNCc1ccc(Cl)cc1Br. The Hall–Kier alpha value is -0.780. The maximum Gasteiger partial charge on any atom is 0.316 e. The molecule has 0 atom stereocenters. The molecule has 0 heterocycles. The van der Waals surface area contributed by atoms with Crippen molar-refractivity contribution in [3.05, 3.63) is 33.3 Å². The van der Waals surface area contributed by atoms with Crippen molar-refractivity contribution in [1.29, 1.82) is 0 Å². The van der Waals surface area contributed by atoms with Crippen molar-refractivity contribution >= 4 is 33.6 Å². The number of nitrogens with one attached hydrogen (secondary N) is 2. The smallest absolute Gasteiger partial charge is 0.316 e. The monoisotopic (exact) mass is 333 g/mol. The van der Waals surface area contributed by atoms with Crippen LogP contribution in [0.25, 0.3) is 0 Å². The number of carbonyl (C=O) groups is 1. The molecule has 6 heteroatoms. The molecule has 18 heavy (non-hydrogen) atoms. The highest BCUT2D eigenvalue weighted by molar-refractivity contribution is 9.10. The first kappa shape index (κ1) is 15.3. The highest BCUT2D eigenvalue weighted by Crippen LogP contribution is 2.21. The molecule has 0 aliphatic heterocycles. The predicted molar refractivity (Wildman–Crippen MR) is 77.9 cm³/mol. The van der Waals surface area contributed by atoms with E-state index in [1.54, 1.807) is 14.1 Å². The summed E-state index contributed by atoms with van der Waals surface area (Å²) in [6.45, 7) is 2.05. The van der Waals surface area contributed by atoms with Gasteiger partial charge in [-0.05, 0) is 17.7 Å². The fourth-order valence-electron chi connectivity index (χ4n) is 1.30. The number of nitrogens with zero attached hydrogens (tertiary/aromatic N) is 1. The van der Waals surface area contributed by atoms with Crippen molar-refractivity contribution in [3.63, 3.8) is 0 Å². The quantitative estimate of drug-likeness (QED) is 0.813. The average molecular weight is 335 g/mol. The summed E-state index contributed by atoms with van der Waals surface area (Å²) in [5.41, 5.74) is 1.14. The molecule has 1 rings (SSSR count). The van der Waals surface area contributed by atoms with Gasteiger partial charge < -0.3 is 15.5 Å². The summed E-state index contributed by atoms with van der Waals surface area (Å²) in [7, 11) is 3.43. The van der Waals surface area contributed by atoms with E-state index in [0.29, 0.717) is 18.1 Å². The number of rotatable bonds is 5. The lowest BCUT2D eigenvalue weighted by Crippen LogP contribution is -2.38. The second-order valence-electron chi connectivity index (χ2n) is 4.04. The minimum absolute atomic E-state index is 0.0792. The number of hydrogen-bond donors (Lipinski definition) is 2. The third-order valence-electron chi connectivity index (χ3n) is 2.31. The summed E-state index contributed by atoms with van der Waals surface area (Å²) in [5.74, 6) is 0. The first-order valence-corrected chi connectivity index (χ1v) is 6.77. The maximum atomic E-state index is 11.2. The van der Waals surface area contributed by atoms with Crippen molar-refractivity contribution < 1.29 is 4.79 Å². The van der Waals surface area contributed by atoms with Crippen LogP contribution >= 0.6 is 27.5 Å². The lowest BCUT2D eigenvalue weighted by atomic mass is 10.2. The van der Waals surface area contributed by atoms with Gasteiger partial charge in [-0.3, -0.25) is 0 Å². The van der Waals surface area contributed by atoms with Crippen LogP contribution in [-0.2, 0) is 6.54 Å². The van der Waals surface area contributed by atoms with Crippen molar-refractivity contribution in [2.45, 2.75) is 6.54 Å². The van der Waals surface area contributed by atoms with Crippen LogP contribution in [0, 0.1) is 0 Å². The molecule has 0 aliphatic carbocycles. The van der Waals surface area contributed by atoms with Crippen LogP contribution in [0.5, 0.6) is 0 Å². The zero-order valence-corrected chi connectivity index (χ0v) is 12.8. The van der Waals surface area contributed by atoms with Gasteiger partial charge in [0.25, 0.3) is 0 Å². The van der Waals surface area contributed by atoms with Crippen molar-refractivity contribution in [3.8, 4) is 0 Å². The van der Waals surface area contributed by atoms with E-state index < -0.39 is 0 Å². The summed E-state index contributed by atoms with van der Waals surface area (Å²) in [6.07, 6.45) is 0. The average Bonchev–Trinajstić information content (AvgIpc) is 2.30. The van der Waals surface area contributed by atoms with Gasteiger partial charge in [-0.25, -0.2) is 4.79 Å². The van der Waals surface area contributed by atoms with Gasteiger partial charge in [0.2, 0.25) is 0 Å². The molecule has 0 bridgehead atoms. The van der Waals surface area contributed by atoms with Gasteiger partial charge in [0.15, 0.2) is 0 Å². The number of benzene rings is 1. The summed E-state index contributed by atoms with van der Waals surface area (Å²) >= 11 is 9.32. The van der Waals surface area contributed by atoms with Crippen LogP contribution in [0.1, 0.15) is 5.56 Å². The molecule has 0 unspecified atom stereocenters. The van der Waals surface area contributed by atoms with Gasteiger partial charge >= 0.3 is 6.03 Å². The lowest BCUT2D eigenvalue weighted by Gasteiger charge is -2.12. The number of amides is 2. The summed E-state index contributed by atoms with van der Waals surface area (Å²) in [4.78, 5) is 12.7. The largest absolute Gasteiger partial charge is 0.337 e. The Labute approximate surface area is 121 Å². The molecular formula is C12H17BrClN3O. The van der Waals surface area contributed by atoms with Crippen LogP contribution in [0.15, 0.2) is 22.7 Å². The molecule has 0 saturated heterocycles. The Morgan fingerprint density at radius 1 is 1.39 bits per heavy atom. The van der Waals surface area contributed by atoms with Gasteiger partial charge in [-0.15, -0.1) is 0 Å². The number of halogens is 2. The molecular weight excluding hydrogens is 318 g/mol. The minimum Gasteiger partial charge on any atom is -0.337 e. The first-order valence-electron chi connectivity index (χ1n) is 5.60. The zero-order valence-electron chi connectivity index (χ0n) is 10.5. The minimum atomic E-state index is -0.0792. The molecule has 0 saturated carbocycles. The molecule has 0 aliphatic rings. The van der Waals surface area contributed by atoms with Gasteiger partial charge in [-0.2, -0.15) is 0 Å². The van der Waals surface area contributed by atoms with E-state index in [1.807, 2.05) is 18.2 Å². The van der Waals surface area contributed by atoms with Gasteiger partial charge in [0, 0.05) is 43.2 Å². The topological polar surface area (TPSA) is 44.4 Å². The zero-order chi connectivity index (χ0) is 13.5. The third kappa shape index (κ3) is 5.25. The molecule has 100 valence electrons. The standard InChI is InChI=1S/C12H17BrClN3O/c1-17(2)12(18)16-6-5-15-8-9-3-4-10(14)7-11(9)13/h3-4,7,15H,5-6,8H2,1-2H3,(H,16,18). The fourth-order valence-corrected chi connectivity index (χ4v) is 2.13. The Balaban J connectivity index is 2.24. The van der Waals surface area contributed by atoms with Crippen LogP contribution in [0.4, 0.5) is 4.79 Å². The summed E-state index contributed by atoms with van der Waals surface area (Å²) in [6, 6.07) is 5.62. The normalized spacial score (nSPS) is 10.2. The van der Waals surface area contributed by atoms with Crippen LogP contribution < -0.4 is 10.6 Å². The van der Waals surface area contributed by atoms with Crippen LogP contribution in [-0.4, -0.2) is 38.1 Å². The molecule has 0 aromatic heterocycles. The number of carbonyl (C=O) groups excluding carboxylic acids is 1. The highest BCUT2D eigenvalue weighted by atomic mass is 79.9. The Morgan fingerprint density at radius 2 is 2.11 bits per heavy atom. The van der Waals surface area contributed by atoms with E-state index in [0.717, 1.165) is 16.6 Å². The highest BCUT2D eigenvalue weighted by Gasteiger charge is 2.02. The molecule has 0 fully saturated rings. The van der Waals surface area contributed by atoms with Crippen LogP contribution in [0.3, 0.4) is 0 Å². The second kappa shape index (κ2) is 7.61. The molecule has 0 radical (unpaired) electrons. The molecule has 1 aromatic rings. The maximum absolute atomic E-state index is 11.2. The van der Waals surface area contributed by atoms with Crippen molar-refractivity contribution in [2.75, 3.05) is 27.2 Å². The molecule has 2 amide bonds. The number of urea groups is 1. The van der Waals surface area contributed by atoms with Gasteiger partial charge in [-0.1, -0.05) is 33.6 Å². The molecule has 4 nitrogen and oxygen atoms in total. The molecule has 2 N–H and O–H groups in total. The number of hydrogen-bond acceptors (Lipinski definition) is 2.